The lowest BCUT2D eigenvalue weighted by Crippen LogP contribution is -2.14. The maximum absolute atomic E-state index is 15.5. The molecule has 0 aromatic heterocycles. The van der Waals surface area contributed by atoms with E-state index in [-0.39, 0.29) is 5.82 Å². The van der Waals surface area contributed by atoms with Gasteiger partial charge in [-0.2, -0.15) is 0 Å². The second kappa shape index (κ2) is 12.9. The molecular weight excluding hydrogens is 427 g/mol. The van der Waals surface area contributed by atoms with Crippen LogP contribution in [0.1, 0.15) is 113 Å². The summed E-state index contributed by atoms with van der Waals surface area (Å²) in [6, 6.07) is 18.5. The van der Waals surface area contributed by atoms with Crippen molar-refractivity contribution in [3.05, 3.63) is 82.7 Å². The molecule has 1 heteroatoms. The van der Waals surface area contributed by atoms with Crippen molar-refractivity contribution in [2.75, 3.05) is 0 Å². The Hall–Kier alpha value is -2.59. The first kappa shape index (κ1) is 25.5. The van der Waals surface area contributed by atoms with E-state index in [1.807, 2.05) is 24.3 Å². The normalized spacial score (nSPS) is 17.8. The lowest BCUT2D eigenvalue weighted by atomic mass is 9.76. The van der Waals surface area contributed by atoms with Gasteiger partial charge in [-0.1, -0.05) is 101 Å². The van der Waals surface area contributed by atoms with Gasteiger partial charge in [-0.05, 0) is 84.7 Å². The summed E-state index contributed by atoms with van der Waals surface area (Å²) in [5.41, 5.74) is 4.22. The summed E-state index contributed by atoms with van der Waals surface area (Å²) >= 11 is 0. The van der Waals surface area contributed by atoms with E-state index >= 15 is 4.39 Å². The highest BCUT2D eigenvalue weighted by Crippen LogP contribution is 2.40. The molecule has 1 fully saturated rings. The molecule has 0 amide bonds. The predicted octanol–water partition coefficient (Wildman–Crippen LogP) is 9.97. The van der Waals surface area contributed by atoms with Crippen molar-refractivity contribution < 1.29 is 4.39 Å². The number of halogens is 1. The summed E-state index contributed by atoms with van der Waals surface area (Å²) < 4.78 is 15.5. The van der Waals surface area contributed by atoms with Gasteiger partial charge in [-0.3, -0.25) is 0 Å². The predicted molar refractivity (Wildman–Crippen MR) is 148 cm³/mol. The Morgan fingerprint density at radius 3 is 2.20 bits per heavy atom. The largest absolute Gasteiger partial charge is 0.206 e. The van der Waals surface area contributed by atoms with Crippen molar-refractivity contribution in [1.29, 1.82) is 0 Å². The van der Waals surface area contributed by atoms with E-state index in [0.29, 0.717) is 5.92 Å². The molecular formula is C34H41F. The first-order chi connectivity index (χ1) is 17.2. The monoisotopic (exact) mass is 468 g/mol. The van der Waals surface area contributed by atoms with Crippen LogP contribution in [0, 0.1) is 23.6 Å². The molecule has 35 heavy (non-hydrogen) atoms. The Morgan fingerprint density at radius 2 is 1.46 bits per heavy atom. The van der Waals surface area contributed by atoms with Crippen LogP contribution in [0.4, 0.5) is 4.39 Å². The minimum Gasteiger partial charge on any atom is -0.206 e. The van der Waals surface area contributed by atoms with Crippen LogP contribution < -0.4 is 0 Å². The second-order valence-electron chi connectivity index (χ2n) is 10.5. The number of fused-ring (bicyclic) bond motifs is 1. The van der Waals surface area contributed by atoms with Gasteiger partial charge in [-0.15, -0.1) is 0 Å². The molecule has 184 valence electrons. The van der Waals surface area contributed by atoms with Gasteiger partial charge in [0.1, 0.15) is 5.82 Å². The van der Waals surface area contributed by atoms with Gasteiger partial charge >= 0.3 is 0 Å². The number of unbranched alkanes of at least 4 members (excludes halogenated alkanes) is 4. The summed E-state index contributed by atoms with van der Waals surface area (Å²) in [5.74, 6) is 7.72. The molecule has 0 spiro atoms. The van der Waals surface area contributed by atoms with Gasteiger partial charge in [0.15, 0.2) is 0 Å². The summed E-state index contributed by atoms with van der Waals surface area (Å²) in [7, 11) is 0. The molecule has 1 aliphatic carbocycles. The molecule has 1 saturated carbocycles. The van der Waals surface area contributed by atoms with Crippen molar-refractivity contribution in [2.45, 2.75) is 96.8 Å². The van der Waals surface area contributed by atoms with E-state index in [4.69, 9.17) is 0 Å². The highest BCUT2D eigenvalue weighted by atomic mass is 19.1. The van der Waals surface area contributed by atoms with Gasteiger partial charge in [0.2, 0.25) is 0 Å². The summed E-state index contributed by atoms with van der Waals surface area (Å²) in [6.07, 6.45) is 15.2. The topological polar surface area (TPSA) is 0 Å². The molecule has 0 aliphatic heterocycles. The second-order valence-corrected chi connectivity index (χ2v) is 10.5. The van der Waals surface area contributed by atoms with Crippen molar-refractivity contribution in [1.82, 2.24) is 0 Å². The van der Waals surface area contributed by atoms with E-state index in [1.165, 1.54) is 56.9 Å². The SMILES string of the molecule is CCCCCCCC1CCC(c2ccc3cc(C#Cc4ccc(CCC)cc4)ccc3c2F)CC1. The van der Waals surface area contributed by atoms with Gasteiger partial charge < -0.3 is 0 Å². The van der Waals surface area contributed by atoms with Gasteiger partial charge in [0, 0.05) is 16.5 Å². The molecule has 0 saturated heterocycles. The van der Waals surface area contributed by atoms with Crippen LogP contribution in [0.3, 0.4) is 0 Å². The van der Waals surface area contributed by atoms with Crippen LogP contribution in [0.15, 0.2) is 54.6 Å². The average molecular weight is 469 g/mol. The zero-order valence-electron chi connectivity index (χ0n) is 21.7. The van der Waals surface area contributed by atoms with E-state index in [9.17, 15) is 0 Å². The Kier molecular flexibility index (Phi) is 9.42. The van der Waals surface area contributed by atoms with Crippen molar-refractivity contribution >= 4 is 10.8 Å². The maximum atomic E-state index is 15.5. The van der Waals surface area contributed by atoms with Crippen LogP contribution in [-0.2, 0) is 6.42 Å². The third-order valence-electron chi connectivity index (χ3n) is 7.83. The molecule has 0 heterocycles. The molecule has 0 unspecified atom stereocenters. The summed E-state index contributed by atoms with van der Waals surface area (Å²) in [6.45, 7) is 4.47. The molecule has 0 atom stereocenters. The first-order valence-electron chi connectivity index (χ1n) is 14.0. The molecule has 0 radical (unpaired) electrons. The van der Waals surface area contributed by atoms with Gasteiger partial charge in [0.25, 0.3) is 0 Å². The average Bonchev–Trinajstić information content (AvgIpc) is 2.89. The first-order valence-corrected chi connectivity index (χ1v) is 14.0. The van der Waals surface area contributed by atoms with Crippen LogP contribution >= 0.6 is 0 Å². The van der Waals surface area contributed by atoms with Gasteiger partial charge in [0.05, 0.1) is 0 Å². The Balaban J connectivity index is 1.38. The van der Waals surface area contributed by atoms with Crippen molar-refractivity contribution in [3.8, 4) is 11.8 Å². The third kappa shape index (κ3) is 6.98. The standard InChI is InChI=1S/C34H41F/c1-3-5-6-7-8-10-27-17-20-30(21-18-27)32-24-22-31-25-29(19-23-33(31)34(32)35)16-15-28-13-11-26(9-4-2)12-14-28/h11-14,19,22-25,27,30H,3-10,17-18,20-21H2,1-2H3. The summed E-state index contributed by atoms with van der Waals surface area (Å²) in [4.78, 5) is 0. The third-order valence-corrected chi connectivity index (χ3v) is 7.83. The number of benzene rings is 3. The van der Waals surface area contributed by atoms with Crippen LogP contribution in [0.2, 0.25) is 0 Å². The van der Waals surface area contributed by atoms with E-state index in [2.05, 4.69) is 56.0 Å². The molecule has 3 aromatic rings. The minimum absolute atomic E-state index is 0.0171. The van der Waals surface area contributed by atoms with E-state index < -0.39 is 0 Å². The molecule has 1 aliphatic rings. The smallest absolute Gasteiger partial charge is 0.134 e. The van der Waals surface area contributed by atoms with Crippen molar-refractivity contribution in [2.24, 2.45) is 5.92 Å². The lowest BCUT2D eigenvalue weighted by Gasteiger charge is -2.29. The highest BCUT2D eigenvalue weighted by molar-refractivity contribution is 5.85. The number of rotatable bonds is 9. The van der Waals surface area contributed by atoms with Crippen LogP contribution in [-0.4, -0.2) is 0 Å². The number of aryl methyl sites for hydroxylation is 1. The van der Waals surface area contributed by atoms with Gasteiger partial charge in [-0.25, -0.2) is 4.39 Å². The lowest BCUT2D eigenvalue weighted by molar-refractivity contribution is 0.299. The fourth-order valence-corrected chi connectivity index (χ4v) is 5.69. The summed E-state index contributed by atoms with van der Waals surface area (Å²) in [5, 5.41) is 1.67. The number of hydrogen-bond acceptors (Lipinski definition) is 0. The molecule has 4 rings (SSSR count). The fourth-order valence-electron chi connectivity index (χ4n) is 5.69. The Morgan fingerprint density at radius 1 is 0.743 bits per heavy atom. The van der Waals surface area contributed by atoms with E-state index in [0.717, 1.165) is 59.1 Å². The quantitative estimate of drug-likeness (QED) is 0.216. The number of hydrogen-bond donors (Lipinski definition) is 0. The maximum Gasteiger partial charge on any atom is 0.134 e. The molecule has 3 aromatic carbocycles. The fraction of sp³-hybridized carbons (Fsp3) is 0.471. The molecule has 0 N–H and O–H groups in total. The Labute approximate surface area is 212 Å². The van der Waals surface area contributed by atoms with Crippen LogP contribution in [0.5, 0.6) is 0 Å². The molecule has 0 nitrogen and oxygen atoms in total. The van der Waals surface area contributed by atoms with Crippen molar-refractivity contribution in [3.63, 3.8) is 0 Å². The zero-order valence-corrected chi connectivity index (χ0v) is 21.7. The zero-order chi connectivity index (χ0) is 24.5. The van der Waals surface area contributed by atoms with E-state index in [1.54, 1.807) is 0 Å². The minimum atomic E-state index is -0.0171. The van der Waals surface area contributed by atoms with Crippen LogP contribution in [0.25, 0.3) is 10.8 Å². The molecule has 0 bridgehead atoms. The Bertz CT molecular complexity index is 1140. The highest BCUT2D eigenvalue weighted by Gasteiger charge is 2.24.